The van der Waals surface area contributed by atoms with Crippen LogP contribution in [0.15, 0.2) is 24.3 Å². The molecule has 0 saturated heterocycles. The molecule has 0 atom stereocenters. The molecule has 0 spiro atoms. The number of carbonyl (C=O) groups is 1. The molecular weight excluding hydrogens is 246 g/mol. The first-order valence-corrected chi connectivity index (χ1v) is 7.16. The van der Waals surface area contributed by atoms with Crippen molar-refractivity contribution in [2.24, 2.45) is 0 Å². The molecule has 1 aromatic carbocycles. The minimum absolute atomic E-state index is 0.0543. The minimum Gasteiger partial charge on any atom is -0.325 e. The number of nitrogens with one attached hydrogen (secondary N) is 1. The quantitative estimate of drug-likeness (QED) is 0.658. The second-order valence-corrected chi connectivity index (χ2v) is 4.95. The lowest BCUT2D eigenvalue weighted by atomic mass is 10.1. The zero-order valence-electron chi connectivity index (χ0n) is 11.0. The summed E-state index contributed by atoms with van der Waals surface area (Å²) in [5.41, 5.74) is 0.704. The summed E-state index contributed by atoms with van der Waals surface area (Å²) in [5.74, 6) is 0.0543. The number of halogens is 1. The third-order valence-electron chi connectivity index (χ3n) is 2.91. The van der Waals surface area contributed by atoms with E-state index in [1.807, 2.05) is 18.2 Å². The number of benzene rings is 1. The predicted octanol–water partition coefficient (Wildman–Crippen LogP) is 5.03. The molecule has 2 nitrogen and oxygen atoms in total. The van der Waals surface area contributed by atoms with E-state index in [0.29, 0.717) is 17.1 Å². The Labute approximate surface area is 115 Å². The number of hydrogen-bond acceptors (Lipinski definition) is 1. The van der Waals surface area contributed by atoms with E-state index < -0.39 is 0 Å². The second-order valence-electron chi connectivity index (χ2n) is 4.55. The smallest absolute Gasteiger partial charge is 0.224 e. The molecule has 0 saturated carbocycles. The van der Waals surface area contributed by atoms with E-state index in [1.54, 1.807) is 6.07 Å². The van der Waals surface area contributed by atoms with Crippen LogP contribution in [0.1, 0.15) is 51.9 Å². The zero-order valence-corrected chi connectivity index (χ0v) is 11.8. The number of anilines is 1. The fourth-order valence-electron chi connectivity index (χ4n) is 1.84. The summed E-state index contributed by atoms with van der Waals surface area (Å²) in [6.45, 7) is 2.21. The third kappa shape index (κ3) is 6.06. The number of carbonyl (C=O) groups excluding carboxylic acids is 1. The van der Waals surface area contributed by atoms with Crippen LogP contribution in [0.4, 0.5) is 5.69 Å². The predicted molar refractivity (Wildman–Crippen MR) is 78.1 cm³/mol. The maximum absolute atomic E-state index is 11.7. The summed E-state index contributed by atoms with van der Waals surface area (Å²) in [6.07, 6.45) is 7.74. The van der Waals surface area contributed by atoms with Crippen LogP contribution in [0.2, 0.25) is 5.02 Å². The molecule has 0 bridgehead atoms. The molecule has 0 heterocycles. The van der Waals surface area contributed by atoms with Crippen molar-refractivity contribution in [2.45, 2.75) is 51.9 Å². The maximum Gasteiger partial charge on any atom is 0.224 e. The van der Waals surface area contributed by atoms with Crippen molar-refractivity contribution in [3.63, 3.8) is 0 Å². The molecule has 3 heteroatoms. The SMILES string of the molecule is CCCCCCCCC(=O)Nc1ccccc1Cl. The Bertz CT molecular complexity index is 365. The summed E-state index contributed by atoms with van der Waals surface area (Å²) in [4.78, 5) is 11.7. The van der Waals surface area contributed by atoms with Gasteiger partial charge >= 0.3 is 0 Å². The summed E-state index contributed by atoms with van der Waals surface area (Å²) in [5, 5.41) is 3.43. The Morgan fingerprint density at radius 2 is 1.78 bits per heavy atom. The molecule has 18 heavy (non-hydrogen) atoms. The van der Waals surface area contributed by atoms with Crippen LogP contribution in [0.3, 0.4) is 0 Å². The van der Waals surface area contributed by atoms with Crippen molar-refractivity contribution >= 4 is 23.2 Å². The number of unbranched alkanes of at least 4 members (excludes halogenated alkanes) is 5. The lowest BCUT2D eigenvalue weighted by Gasteiger charge is -2.06. The normalized spacial score (nSPS) is 10.3. The highest BCUT2D eigenvalue weighted by Gasteiger charge is 2.04. The van der Waals surface area contributed by atoms with Crippen LogP contribution < -0.4 is 5.32 Å². The van der Waals surface area contributed by atoms with Gasteiger partial charge in [-0.05, 0) is 18.6 Å². The van der Waals surface area contributed by atoms with Crippen LogP contribution in [0.5, 0.6) is 0 Å². The van der Waals surface area contributed by atoms with E-state index in [0.717, 1.165) is 12.8 Å². The van der Waals surface area contributed by atoms with Crippen LogP contribution in [0.25, 0.3) is 0 Å². The second kappa shape index (κ2) is 8.98. The first-order valence-electron chi connectivity index (χ1n) is 6.78. The van der Waals surface area contributed by atoms with Gasteiger partial charge < -0.3 is 5.32 Å². The van der Waals surface area contributed by atoms with E-state index in [2.05, 4.69) is 12.2 Å². The Kier molecular flexibility index (Phi) is 7.51. The van der Waals surface area contributed by atoms with Gasteiger partial charge in [0.05, 0.1) is 10.7 Å². The number of para-hydroxylation sites is 1. The van der Waals surface area contributed by atoms with Crippen molar-refractivity contribution in [1.82, 2.24) is 0 Å². The van der Waals surface area contributed by atoms with Crippen molar-refractivity contribution in [2.75, 3.05) is 5.32 Å². The van der Waals surface area contributed by atoms with E-state index in [-0.39, 0.29) is 5.91 Å². The molecule has 1 aromatic rings. The van der Waals surface area contributed by atoms with Gasteiger partial charge in [-0.1, -0.05) is 62.8 Å². The topological polar surface area (TPSA) is 29.1 Å². The highest BCUT2D eigenvalue weighted by Crippen LogP contribution is 2.20. The van der Waals surface area contributed by atoms with Gasteiger partial charge in [0.2, 0.25) is 5.91 Å². The van der Waals surface area contributed by atoms with Crippen LogP contribution in [0, 0.1) is 0 Å². The maximum atomic E-state index is 11.7. The molecule has 0 radical (unpaired) electrons. The Morgan fingerprint density at radius 3 is 2.50 bits per heavy atom. The Balaban J connectivity index is 2.16. The van der Waals surface area contributed by atoms with Gasteiger partial charge in [-0.25, -0.2) is 0 Å². The van der Waals surface area contributed by atoms with Crippen LogP contribution in [-0.4, -0.2) is 5.91 Å². The van der Waals surface area contributed by atoms with Crippen LogP contribution in [-0.2, 0) is 4.79 Å². The molecule has 1 N–H and O–H groups in total. The first kappa shape index (κ1) is 15.0. The summed E-state index contributed by atoms with van der Waals surface area (Å²) in [6, 6.07) is 7.32. The standard InChI is InChI=1S/C15H22ClNO/c1-2-3-4-5-6-7-12-15(18)17-14-11-9-8-10-13(14)16/h8-11H,2-7,12H2,1H3,(H,17,18). The van der Waals surface area contributed by atoms with Crippen LogP contribution >= 0.6 is 11.6 Å². The molecule has 0 aromatic heterocycles. The molecular formula is C15H22ClNO. The molecule has 1 rings (SSSR count). The van der Waals surface area contributed by atoms with Gasteiger partial charge in [0.1, 0.15) is 0 Å². The summed E-state index contributed by atoms with van der Waals surface area (Å²) in [7, 11) is 0. The van der Waals surface area contributed by atoms with Gasteiger partial charge in [-0.15, -0.1) is 0 Å². The molecule has 1 amide bonds. The Morgan fingerprint density at radius 1 is 1.11 bits per heavy atom. The highest BCUT2D eigenvalue weighted by atomic mass is 35.5. The monoisotopic (exact) mass is 267 g/mol. The van der Waals surface area contributed by atoms with E-state index >= 15 is 0 Å². The van der Waals surface area contributed by atoms with Gasteiger partial charge in [-0.2, -0.15) is 0 Å². The number of hydrogen-bond donors (Lipinski definition) is 1. The number of rotatable bonds is 8. The fourth-order valence-corrected chi connectivity index (χ4v) is 2.02. The first-order chi connectivity index (χ1) is 8.74. The third-order valence-corrected chi connectivity index (χ3v) is 3.23. The zero-order chi connectivity index (χ0) is 13.2. The van der Waals surface area contributed by atoms with E-state index in [4.69, 9.17) is 11.6 Å². The number of amides is 1. The summed E-state index contributed by atoms with van der Waals surface area (Å²) < 4.78 is 0. The van der Waals surface area contributed by atoms with Crippen molar-refractivity contribution in [1.29, 1.82) is 0 Å². The molecule has 0 unspecified atom stereocenters. The van der Waals surface area contributed by atoms with E-state index in [1.165, 1.54) is 25.7 Å². The molecule has 0 fully saturated rings. The largest absolute Gasteiger partial charge is 0.325 e. The van der Waals surface area contributed by atoms with Gasteiger partial charge in [0.25, 0.3) is 0 Å². The molecule has 100 valence electrons. The Hall–Kier alpha value is -1.02. The van der Waals surface area contributed by atoms with E-state index in [9.17, 15) is 4.79 Å². The van der Waals surface area contributed by atoms with Crippen molar-refractivity contribution in [3.05, 3.63) is 29.3 Å². The average molecular weight is 268 g/mol. The fraction of sp³-hybridized carbons (Fsp3) is 0.533. The van der Waals surface area contributed by atoms with Gasteiger partial charge in [0, 0.05) is 6.42 Å². The average Bonchev–Trinajstić information content (AvgIpc) is 2.36. The molecule has 0 aliphatic carbocycles. The van der Waals surface area contributed by atoms with Gasteiger partial charge in [0.15, 0.2) is 0 Å². The van der Waals surface area contributed by atoms with Crippen molar-refractivity contribution in [3.8, 4) is 0 Å². The molecule has 0 aliphatic heterocycles. The lowest BCUT2D eigenvalue weighted by Crippen LogP contribution is -2.11. The molecule has 0 aliphatic rings. The highest BCUT2D eigenvalue weighted by molar-refractivity contribution is 6.33. The van der Waals surface area contributed by atoms with Crippen molar-refractivity contribution < 1.29 is 4.79 Å². The minimum atomic E-state index is 0.0543. The summed E-state index contributed by atoms with van der Waals surface area (Å²) >= 11 is 5.97. The van der Waals surface area contributed by atoms with Gasteiger partial charge in [-0.3, -0.25) is 4.79 Å². The lowest BCUT2D eigenvalue weighted by molar-refractivity contribution is -0.116.